The van der Waals surface area contributed by atoms with Crippen molar-refractivity contribution in [3.05, 3.63) is 80.7 Å². The minimum atomic E-state index is -0.101. The van der Waals surface area contributed by atoms with Gasteiger partial charge in [-0.15, -0.1) is 0 Å². The van der Waals surface area contributed by atoms with Crippen LogP contribution in [-0.2, 0) is 11.3 Å². The number of rotatable bonds is 5. The van der Waals surface area contributed by atoms with Crippen molar-refractivity contribution >= 4 is 34.6 Å². The van der Waals surface area contributed by atoms with E-state index in [9.17, 15) is 4.79 Å². The van der Waals surface area contributed by atoms with Gasteiger partial charge in [-0.1, -0.05) is 47.5 Å². The first-order valence-corrected chi connectivity index (χ1v) is 12.3. The quantitative estimate of drug-likeness (QED) is 0.533. The van der Waals surface area contributed by atoms with Crippen LogP contribution in [0.2, 0.25) is 10.0 Å². The fourth-order valence-corrected chi connectivity index (χ4v) is 5.08. The van der Waals surface area contributed by atoms with Crippen LogP contribution in [0.5, 0.6) is 0 Å². The van der Waals surface area contributed by atoms with E-state index in [1.807, 2.05) is 54.7 Å². The number of morpholine rings is 1. The first-order valence-electron chi connectivity index (χ1n) is 11.5. The Bertz CT molecular complexity index is 1170. The molecule has 0 bridgehead atoms. The lowest BCUT2D eigenvalue weighted by Crippen LogP contribution is -2.48. The molecule has 0 N–H and O–H groups in total. The third-order valence-electron chi connectivity index (χ3n) is 6.42. The number of halogens is 2. The molecule has 0 saturated carbocycles. The molecule has 7 nitrogen and oxygen atoms in total. The van der Waals surface area contributed by atoms with Crippen LogP contribution in [0.3, 0.4) is 0 Å². The number of aromatic nitrogens is 2. The molecule has 3 aromatic rings. The molecule has 2 saturated heterocycles. The van der Waals surface area contributed by atoms with Gasteiger partial charge in [0.2, 0.25) is 0 Å². The van der Waals surface area contributed by atoms with E-state index < -0.39 is 0 Å². The molecule has 2 aliphatic heterocycles. The molecule has 2 aromatic carbocycles. The van der Waals surface area contributed by atoms with Crippen LogP contribution in [0, 0.1) is 0 Å². The van der Waals surface area contributed by atoms with Crippen LogP contribution < -0.4 is 15.4 Å². The third-order valence-corrected chi connectivity index (χ3v) is 7.13. The maximum absolute atomic E-state index is 13.7. The van der Waals surface area contributed by atoms with Crippen LogP contribution >= 0.6 is 23.2 Å². The van der Waals surface area contributed by atoms with Gasteiger partial charge < -0.3 is 14.5 Å². The first kappa shape index (κ1) is 23.2. The van der Waals surface area contributed by atoms with Gasteiger partial charge in [0.25, 0.3) is 5.56 Å². The zero-order valence-electron chi connectivity index (χ0n) is 18.9. The molecule has 0 aliphatic carbocycles. The highest BCUT2D eigenvalue weighted by molar-refractivity contribution is 6.35. The number of anilines is 2. The predicted octanol–water partition coefficient (Wildman–Crippen LogP) is 3.70. The Balaban J connectivity index is 1.40. The van der Waals surface area contributed by atoms with Crippen LogP contribution in [0.1, 0.15) is 5.56 Å². The van der Waals surface area contributed by atoms with Crippen molar-refractivity contribution in [1.82, 2.24) is 14.7 Å². The topological polar surface area (TPSA) is 53.8 Å². The summed E-state index contributed by atoms with van der Waals surface area (Å²) in [5.41, 5.74) is 3.20. The Morgan fingerprint density at radius 2 is 1.50 bits per heavy atom. The van der Waals surface area contributed by atoms with Gasteiger partial charge in [0, 0.05) is 61.4 Å². The number of para-hydroxylation sites is 1. The summed E-state index contributed by atoms with van der Waals surface area (Å²) in [5.74, 6) is 0. The predicted molar refractivity (Wildman–Crippen MR) is 137 cm³/mol. The Kier molecular flexibility index (Phi) is 7.06. The van der Waals surface area contributed by atoms with Crippen molar-refractivity contribution in [2.24, 2.45) is 0 Å². The molecule has 0 amide bonds. The molecule has 0 spiro atoms. The van der Waals surface area contributed by atoms with E-state index in [0.717, 1.165) is 43.1 Å². The van der Waals surface area contributed by atoms with Crippen LogP contribution in [-0.4, -0.2) is 67.2 Å². The van der Waals surface area contributed by atoms with E-state index in [2.05, 4.69) is 19.8 Å². The standard InChI is InChI=1S/C25H27Cl2N5O2/c26-21-7-4-8-22(27)20(21)18-29-9-11-30(12-10-29)23-17-28-32(19-5-2-1-3-6-19)25(33)24(23)31-13-15-34-16-14-31/h1-8,17H,9-16,18H2. The van der Waals surface area contributed by atoms with E-state index in [1.54, 1.807) is 0 Å². The van der Waals surface area contributed by atoms with Gasteiger partial charge in [-0.2, -0.15) is 9.78 Å². The first-order chi connectivity index (χ1) is 16.6. The molecule has 2 aliphatic rings. The minimum Gasteiger partial charge on any atom is -0.378 e. The molecular weight excluding hydrogens is 473 g/mol. The summed E-state index contributed by atoms with van der Waals surface area (Å²) in [4.78, 5) is 20.4. The number of ether oxygens (including phenoxy) is 1. The SMILES string of the molecule is O=c1c(N2CCOCC2)c(N2CCN(Cc3c(Cl)cccc3Cl)CC2)cnn1-c1ccccc1. The molecule has 0 unspecified atom stereocenters. The van der Waals surface area contributed by atoms with E-state index in [0.29, 0.717) is 48.6 Å². The fourth-order valence-electron chi connectivity index (χ4n) is 4.56. The summed E-state index contributed by atoms with van der Waals surface area (Å²) < 4.78 is 7.03. The van der Waals surface area contributed by atoms with Crippen molar-refractivity contribution in [3.8, 4) is 5.69 Å². The van der Waals surface area contributed by atoms with Gasteiger partial charge in [-0.25, -0.2) is 0 Å². The second-order valence-corrected chi connectivity index (χ2v) is 9.31. The Morgan fingerprint density at radius 3 is 2.18 bits per heavy atom. The number of nitrogens with zero attached hydrogens (tertiary/aromatic N) is 5. The Morgan fingerprint density at radius 1 is 0.824 bits per heavy atom. The molecule has 0 radical (unpaired) electrons. The zero-order chi connectivity index (χ0) is 23.5. The number of hydrogen-bond donors (Lipinski definition) is 0. The average molecular weight is 500 g/mol. The lowest BCUT2D eigenvalue weighted by Gasteiger charge is -2.38. The summed E-state index contributed by atoms with van der Waals surface area (Å²) in [6.07, 6.45) is 1.83. The van der Waals surface area contributed by atoms with Crippen LogP contribution in [0.4, 0.5) is 11.4 Å². The molecule has 0 atom stereocenters. The Hall–Kier alpha value is -2.58. The van der Waals surface area contributed by atoms with Gasteiger partial charge in [0.1, 0.15) is 5.69 Å². The second-order valence-electron chi connectivity index (χ2n) is 8.49. The van der Waals surface area contributed by atoms with Crippen LogP contribution in [0.25, 0.3) is 5.69 Å². The van der Waals surface area contributed by atoms with E-state index >= 15 is 0 Å². The summed E-state index contributed by atoms with van der Waals surface area (Å²) in [5, 5.41) is 5.93. The zero-order valence-corrected chi connectivity index (χ0v) is 20.4. The van der Waals surface area contributed by atoms with Crippen molar-refractivity contribution in [1.29, 1.82) is 0 Å². The van der Waals surface area contributed by atoms with Crippen molar-refractivity contribution < 1.29 is 4.74 Å². The lowest BCUT2D eigenvalue weighted by molar-refractivity contribution is 0.122. The van der Waals surface area contributed by atoms with E-state index in [1.165, 1.54) is 4.68 Å². The maximum Gasteiger partial charge on any atom is 0.297 e. The van der Waals surface area contributed by atoms with Gasteiger partial charge in [0.15, 0.2) is 0 Å². The monoisotopic (exact) mass is 499 g/mol. The van der Waals surface area contributed by atoms with E-state index in [4.69, 9.17) is 27.9 Å². The molecule has 1 aromatic heterocycles. The van der Waals surface area contributed by atoms with Crippen molar-refractivity contribution in [2.75, 3.05) is 62.3 Å². The molecule has 3 heterocycles. The number of hydrogen-bond acceptors (Lipinski definition) is 6. The largest absolute Gasteiger partial charge is 0.378 e. The molecule has 5 rings (SSSR count). The molecule has 34 heavy (non-hydrogen) atoms. The normalized spacial score (nSPS) is 17.2. The highest BCUT2D eigenvalue weighted by Crippen LogP contribution is 2.29. The maximum atomic E-state index is 13.7. The van der Waals surface area contributed by atoms with Gasteiger partial charge in [0.05, 0.1) is 30.8 Å². The average Bonchev–Trinajstić information content (AvgIpc) is 2.87. The summed E-state index contributed by atoms with van der Waals surface area (Å²) in [6.45, 7) is 6.55. The summed E-state index contributed by atoms with van der Waals surface area (Å²) >= 11 is 12.8. The molecule has 178 valence electrons. The molecular formula is C25H27Cl2N5O2. The smallest absolute Gasteiger partial charge is 0.297 e. The highest BCUT2D eigenvalue weighted by atomic mass is 35.5. The Labute approximate surface area is 209 Å². The van der Waals surface area contributed by atoms with Crippen LogP contribution in [0.15, 0.2) is 59.5 Å². The van der Waals surface area contributed by atoms with Gasteiger partial charge >= 0.3 is 0 Å². The lowest BCUT2D eigenvalue weighted by atomic mass is 10.2. The van der Waals surface area contributed by atoms with Crippen molar-refractivity contribution in [2.45, 2.75) is 6.54 Å². The molecule has 2 fully saturated rings. The van der Waals surface area contributed by atoms with Gasteiger partial charge in [-0.05, 0) is 24.3 Å². The van der Waals surface area contributed by atoms with E-state index in [-0.39, 0.29) is 5.56 Å². The molecule has 9 heteroatoms. The highest BCUT2D eigenvalue weighted by Gasteiger charge is 2.27. The summed E-state index contributed by atoms with van der Waals surface area (Å²) in [7, 11) is 0. The van der Waals surface area contributed by atoms with Crippen molar-refractivity contribution in [3.63, 3.8) is 0 Å². The number of benzene rings is 2. The third kappa shape index (κ3) is 4.79. The minimum absolute atomic E-state index is 0.101. The second kappa shape index (κ2) is 10.4. The fraction of sp³-hybridized carbons (Fsp3) is 0.360. The number of piperazine rings is 1. The van der Waals surface area contributed by atoms with Gasteiger partial charge in [-0.3, -0.25) is 9.69 Å². The summed E-state index contributed by atoms with van der Waals surface area (Å²) in [6, 6.07) is 15.2.